The monoisotopic (exact) mass is 405 g/mol. The number of benzene rings is 1. The van der Waals surface area contributed by atoms with Crippen molar-refractivity contribution in [2.45, 2.75) is 12.4 Å². The molecule has 0 atom stereocenters. The second kappa shape index (κ2) is 6.35. The molecule has 0 saturated heterocycles. The molecule has 0 radical (unpaired) electrons. The number of hydrogen-bond acceptors (Lipinski definition) is 4. The number of imidazole rings is 1. The van der Waals surface area contributed by atoms with E-state index in [0.717, 1.165) is 17.1 Å². The van der Waals surface area contributed by atoms with E-state index in [1.165, 1.54) is 17.8 Å². The standard InChI is InChI=1S/C15H9F6N5O2/c1-24-7-22-12(26(27)28)13(24)25-3-2-11(23-25)8-4-9(14(16,17)18)6-10(5-8)15(19,20)21/h2-7H,1H3. The van der Waals surface area contributed by atoms with Gasteiger partial charge in [0, 0.05) is 18.8 Å². The fourth-order valence-corrected chi connectivity index (χ4v) is 2.50. The smallest absolute Gasteiger partial charge is 0.358 e. The Labute approximate surface area is 152 Å². The number of aryl methyl sites for hydroxylation is 1. The minimum atomic E-state index is -5.00. The van der Waals surface area contributed by atoms with Crippen LogP contribution in [0.3, 0.4) is 0 Å². The first-order valence-corrected chi connectivity index (χ1v) is 7.39. The summed E-state index contributed by atoms with van der Waals surface area (Å²) >= 11 is 0. The van der Waals surface area contributed by atoms with E-state index in [0.29, 0.717) is 12.1 Å². The van der Waals surface area contributed by atoms with Crippen molar-refractivity contribution in [2.75, 3.05) is 0 Å². The summed E-state index contributed by atoms with van der Waals surface area (Å²) < 4.78 is 80.2. The van der Waals surface area contributed by atoms with E-state index >= 15 is 0 Å². The van der Waals surface area contributed by atoms with Crippen LogP contribution in [0.1, 0.15) is 11.1 Å². The van der Waals surface area contributed by atoms with Gasteiger partial charge in [-0.1, -0.05) is 0 Å². The van der Waals surface area contributed by atoms with E-state index in [9.17, 15) is 36.5 Å². The largest absolute Gasteiger partial charge is 0.416 e. The van der Waals surface area contributed by atoms with Crippen molar-refractivity contribution in [1.82, 2.24) is 19.3 Å². The summed E-state index contributed by atoms with van der Waals surface area (Å²) in [6.45, 7) is 0. The van der Waals surface area contributed by atoms with Crippen LogP contribution < -0.4 is 0 Å². The van der Waals surface area contributed by atoms with Gasteiger partial charge in [-0.05, 0) is 34.2 Å². The lowest BCUT2D eigenvalue weighted by molar-refractivity contribution is -0.389. The van der Waals surface area contributed by atoms with Crippen molar-refractivity contribution < 1.29 is 31.3 Å². The number of aromatic nitrogens is 4. The molecule has 0 saturated carbocycles. The van der Waals surface area contributed by atoms with Crippen LogP contribution in [-0.4, -0.2) is 24.3 Å². The molecule has 3 aromatic rings. The Bertz CT molecular complexity index is 1020. The fourth-order valence-electron chi connectivity index (χ4n) is 2.50. The molecule has 28 heavy (non-hydrogen) atoms. The Morgan fingerprint density at radius 3 is 2.11 bits per heavy atom. The van der Waals surface area contributed by atoms with Gasteiger partial charge >= 0.3 is 18.2 Å². The SMILES string of the molecule is Cn1cnc([N+](=O)[O-])c1-n1ccc(-c2cc(C(F)(F)F)cc(C(F)(F)F)c2)n1. The molecule has 0 N–H and O–H groups in total. The van der Waals surface area contributed by atoms with Gasteiger partial charge < -0.3 is 10.1 Å². The van der Waals surface area contributed by atoms with Gasteiger partial charge in [0.05, 0.1) is 16.8 Å². The molecule has 0 spiro atoms. The maximum atomic E-state index is 13.0. The van der Waals surface area contributed by atoms with E-state index in [2.05, 4.69) is 10.1 Å². The molecule has 0 amide bonds. The topological polar surface area (TPSA) is 78.8 Å². The third-order valence-corrected chi connectivity index (χ3v) is 3.75. The van der Waals surface area contributed by atoms with E-state index in [1.54, 1.807) is 0 Å². The molecule has 0 aliphatic carbocycles. The number of rotatable bonds is 3. The first-order chi connectivity index (χ1) is 12.9. The number of alkyl halides is 6. The zero-order chi connectivity index (χ0) is 20.9. The Morgan fingerprint density at radius 2 is 1.61 bits per heavy atom. The van der Waals surface area contributed by atoms with Crippen LogP contribution in [0.15, 0.2) is 36.8 Å². The molecule has 1 aromatic carbocycles. The lowest BCUT2D eigenvalue weighted by atomic mass is 10.0. The number of nitrogens with zero attached hydrogens (tertiary/aromatic N) is 5. The predicted molar refractivity (Wildman–Crippen MR) is 82.4 cm³/mol. The van der Waals surface area contributed by atoms with Gasteiger partial charge in [-0.25, -0.2) is 4.68 Å². The minimum absolute atomic E-state index is 0.00640. The molecular weight excluding hydrogens is 396 g/mol. The molecule has 0 aliphatic rings. The third-order valence-electron chi connectivity index (χ3n) is 3.75. The van der Waals surface area contributed by atoms with Crippen LogP contribution >= 0.6 is 0 Å². The third kappa shape index (κ3) is 3.54. The number of nitro groups is 1. The summed E-state index contributed by atoms with van der Waals surface area (Å²) in [6.07, 6.45) is -7.70. The lowest BCUT2D eigenvalue weighted by Crippen LogP contribution is -2.11. The highest BCUT2D eigenvalue weighted by molar-refractivity contribution is 5.62. The number of halogens is 6. The number of hydrogen-bond donors (Lipinski definition) is 0. The summed E-state index contributed by atoms with van der Waals surface area (Å²) in [6, 6.07) is 2.21. The fraction of sp³-hybridized carbons (Fsp3) is 0.200. The average molecular weight is 405 g/mol. The van der Waals surface area contributed by atoms with Gasteiger partial charge in [-0.2, -0.15) is 31.4 Å². The normalized spacial score (nSPS) is 12.4. The first-order valence-electron chi connectivity index (χ1n) is 7.39. The van der Waals surface area contributed by atoms with Gasteiger partial charge in [0.2, 0.25) is 12.1 Å². The molecule has 2 heterocycles. The molecular formula is C15H9F6N5O2. The Balaban J connectivity index is 2.14. The van der Waals surface area contributed by atoms with Crippen molar-refractivity contribution in [3.63, 3.8) is 0 Å². The molecule has 0 unspecified atom stereocenters. The predicted octanol–water partition coefficient (Wildman–Crippen LogP) is 4.22. The van der Waals surface area contributed by atoms with Gasteiger partial charge in [0.15, 0.2) is 0 Å². The van der Waals surface area contributed by atoms with Gasteiger partial charge in [-0.15, -0.1) is 0 Å². The zero-order valence-electron chi connectivity index (χ0n) is 13.8. The van der Waals surface area contributed by atoms with Crippen molar-refractivity contribution in [1.29, 1.82) is 0 Å². The Hall–Kier alpha value is -3.38. The van der Waals surface area contributed by atoms with Crippen LogP contribution in [0.4, 0.5) is 32.2 Å². The molecule has 13 heteroatoms. The molecule has 0 fully saturated rings. The van der Waals surface area contributed by atoms with Crippen LogP contribution in [0.25, 0.3) is 17.1 Å². The highest BCUT2D eigenvalue weighted by atomic mass is 19.4. The van der Waals surface area contributed by atoms with Crippen LogP contribution in [0.5, 0.6) is 0 Å². The molecule has 148 valence electrons. The summed E-state index contributed by atoms with van der Waals surface area (Å²) in [7, 11) is 1.42. The van der Waals surface area contributed by atoms with Crippen molar-refractivity contribution in [3.05, 3.63) is 58.0 Å². The highest BCUT2D eigenvalue weighted by Crippen LogP contribution is 2.38. The van der Waals surface area contributed by atoms with Crippen molar-refractivity contribution in [2.24, 2.45) is 7.05 Å². The summed E-state index contributed by atoms with van der Waals surface area (Å²) in [4.78, 5) is 13.8. The zero-order valence-corrected chi connectivity index (χ0v) is 13.8. The van der Waals surface area contributed by atoms with Gasteiger partial charge in [0.1, 0.15) is 0 Å². The Kier molecular flexibility index (Phi) is 4.40. The maximum Gasteiger partial charge on any atom is 0.416 e. The quantitative estimate of drug-likeness (QED) is 0.371. The van der Waals surface area contributed by atoms with E-state index < -0.39 is 39.8 Å². The van der Waals surface area contributed by atoms with E-state index in [4.69, 9.17) is 0 Å². The second-order valence-corrected chi connectivity index (χ2v) is 5.70. The molecule has 0 aliphatic heterocycles. The summed E-state index contributed by atoms with van der Waals surface area (Å²) in [5, 5.41) is 14.9. The van der Waals surface area contributed by atoms with Crippen LogP contribution in [0, 0.1) is 10.1 Å². The van der Waals surface area contributed by atoms with E-state index in [1.807, 2.05) is 0 Å². The first kappa shape index (κ1) is 19.4. The minimum Gasteiger partial charge on any atom is -0.358 e. The van der Waals surface area contributed by atoms with Gasteiger partial charge in [0.25, 0.3) is 0 Å². The summed E-state index contributed by atoms with van der Waals surface area (Å²) in [5.41, 5.74) is -3.64. The molecule has 0 bridgehead atoms. The highest BCUT2D eigenvalue weighted by Gasteiger charge is 2.37. The Morgan fingerprint density at radius 1 is 1.04 bits per heavy atom. The summed E-state index contributed by atoms with van der Waals surface area (Å²) in [5.74, 6) is -0.684. The lowest BCUT2D eigenvalue weighted by Gasteiger charge is -2.13. The maximum absolute atomic E-state index is 13.0. The van der Waals surface area contributed by atoms with Crippen LogP contribution in [0.2, 0.25) is 0 Å². The van der Waals surface area contributed by atoms with Gasteiger partial charge in [-0.3, -0.25) is 4.57 Å². The molecule has 7 nitrogen and oxygen atoms in total. The van der Waals surface area contributed by atoms with E-state index in [-0.39, 0.29) is 17.6 Å². The second-order valence-electron chi connectivity index (χ2n) is 5.70. The van der Waals surface area contributed by atoms with Crippen molar-refractivity contribution in [3.8, 4) is 17.1 Å². The molecule has 3 rings (SSSR count). The van der Waals surface area contributed by atoms with Crippen molar-refractivity contribution >= 4 is 5.82 Å². The molecule has 2 aromatic heterocycles. The average Bonchev–Trinajstić information content (AvgIpc) is 3.19. The van der Waals surface area contributed by atoms with Crippen LogP contribution in [-0.2, 0) is 19.4 Å².